The second-order valence-corrected chi connectivity index (χ2v) is 5.27. The molecule has 0 rings (SSSR count). The number of hydrogen-bond acceptors (Lipinski definition) is 7. The number of carboxylic acids is 3. The van der Waals surface area contributed by atoms with Crippen LogP contribution in [0.5, 0.6) is 0 Å². The topological polar surface area (TPSA) is 252 Å². The van der Waals surface area contributed by atoms with Crippen LogP contribution >= 0.6 is 0 Å². The third-order valence-electron chi connectivity index (χ3n) is 3.04. The summed E-state index contributed by atoms with van der Waals surface area (Å²) in [6.45, 7) is 3.96. The van der Waals surface area contributed by atoms with E-state index in [2.05, 4.69) is 11.1 Å². The zero-order valence-electron chi connectivity index (χ0n) is 15.1. The molecule has 0 heterocycles. The van der Waals surface area contributed by atoms with Gasteiger partial charge < -0.3 is 43.6 Å². The molecule has 12 heteroatoms. The van der Waals surface area contributed by atoms with Crippen LogP contribution in [0, 0.1) is 11.3 Å². The molecule has 0 saturated carbocycles. The molecule has 0 aliphatic rings. The van der Waals surface area contributed by atoms with E-state index in [-0.39, 0.29) is 18.4 Å². The summed E-state index contributed by atoms with van der Waals surface area (Å²) in [4.78, 5) is 29.6. The quantitative estimate of drug-likeness (QED) is 0.122. The molecule has 0 aromatic carbocycles. The summed E-state index contributed by atoms with van der Waals surface area (Å²) in [6.07, 6.45) is 1.79. The molecule has 0 aliphatic heterocycles. The Morgan fingerprint density at radius 2 is 1.58 bits per heavy atom. The molecule has 0 amide bonds. The Hall–Kier alpha value is -2.44. The van der Waals surface area contributed by atoms with Crippen molar-refractivity contribution in [2.24, 2.45) is 28.9 Å². The van der Waals surface area contributed by atoms with E-state index in [0.717, 1.165) is 6.42 Å². The van der Waals surface area contributed by atoms with Crippen molar-refractivity contribution in [2.45, 2.75) is 45.2 Å². The lowest BCUT2D eigenvalue weighted by Crippen LogP contribution is -2.36. The minimum Gasteiger partial charge on any atom is -0.480 e. The van der Waals surface area contributed by atoms with Gasteiger partial charge in [0.2, 0.25) is 0 Å². The van der Waals surface area contributed by atoms with Crippen LogP contribution in [-0.4, -0.2) is 64.4 Å². The Balaban J connectivity index is -0.000000333. The average Bonchev–Trinajstić information content (AvgIpc) is 2.57. The van der Waals surface area contributed by atoms with Gasteiger partial charge in [0.05, 0.1) is 6.54 Å². The fourth-order valence-corrected chi connectivity index (χ4v) is 1.17. The van der Waals surface area contributed by atoms with Gasteiger partial charge in [0, 0.05) is 6.54 Å². The van der Waals surface area contributed by atoms with E-state index in [9.17, 15) is 14.4 Å². The molecule has 0 aromatic rings. The van der Waals surface area contributed by atoms with E-state index in [1.54, 1.807) is 0 Å². The van der Waals surface area contributed by atoms with Crippen LogP contribution < -0.4 is 28.3 Å². The highest BCUT2D eigenvalue weighted by Crippen LogP contribution is 2.04. The molecule has 3 atom stereocenters. The van der Waals surface area contributed by atoms with Gasteiger partial charge in [-0.15, -0.1) is 0 Å². The molecule has 26 heavy (non-hydrogen) atoms. The molecule has 154 valence electrons. The van der Waals surface area contributed by atoms with Crippen molar-refractivity contribution in [2.75, 3.05) is 13.1 Å². The lowest BCUT2D eigenvalue weighted by molar-refractivity contribution is -0.140. The number of hydrogen-bond donors (Lipinski definition) is 9. The molecule has 0 spiro atoms. The molecule has 0 bridgehead atoms. The number of guanidine groups is 1. The number of carboxylic acid groups (broad SMARTS) is 3. The maximum absolute atomic E-state index is 10.2. The van der Waals surface area contributed by atoms with E-state index < -0.39 is 30.0 Å². The van der Waals surface area contributed by atoms with Crippen LogP contribution in [-0.2, 0) is 14.4 Å². The maximum Gasteiger partial charge on any atom is 0.320 e. The summed E-state index contributed by atoms with van der Waals surface area (Å²) >= 11 is 0. The summed E-state index contributed by atoms with van der Waals surface area (Å²) in [7, 11) is 0. The minimum atomic E-state index is -1.00. The first-order valence-corrected chi connectivity index (χ1v) is 7.87. The van der Waals surface area contributed by atoms with Crippen LogP contribution in [0.15, 0.2) is 0 Å². The fraction of sp³-hybridized carbons (Fsp3) is 0.714. The Morgan fingerprint density at radius 1 is 1.12 bits per heavy atom. The van der Waals surface area contributed by atoms with Gasteiger partial charge in [-0.3, -0.25) is 19.8 Å². The third-order valence-corrected chi connectivity index (χ3v) is 3.04. The molecule has 0 saturated heterocycles. The highest BCUT2D eigenvalue weighted by molar-refractivity contribution is 5.74. The van der Waals surface area contributed by atoms with Crippen LogP contribution in [0.4, 0.5) is 0 Å². The van der Waals surface area contributed by atoms with Crippen molar-refractivity contribution in [3.8, 4) is 0 Å². The number of aliphatic carboxylic acids is 3. The average molecular weight is 380 g/mol. The number of carbonyl (C=O) groups is 3. The standard InChI is InChI=1S/C6H14N4O2.C6H13NO2.C2H5NO2/c7-4(5(11)12)2-1-3-10-6(8)9;1-3-4(2)5(7)6(8)9;3-1-2(4)5/h4H,1-3,7H2,(H,11,12)(H4,8,9,10);4-5H,3,7H2,1-2H3,(H,8,9);1,3H2,(H,4,5)/t4-;4-,5-;/m00./s1. The van der Waals surface area contributed by atoms with Crippen molar-refractivity contribution in [1.29, 1.82) is 5.41 Å². The van der Waals surface area contributed by atoms with Crippen molar-refractivity contribution >= 4 is 23.9 Å². The minimum absolute atomic E-state index is 0.0718. The summed E-state index contributed by atoms with van der Waals surface area (Å²) in [6, 6.07) is -1.52. The highest BCUT2D eigenvalue weighted by atomic mass is 16.4. The number of nitrogens with one attached hydrogen (secondary N) is 2. The van der Waals surface area contributed by atoms with Gasteiger partial charge in [-0.2, -0.15) is 0 Å². The predicted octanol–water partition coefficient (Wildman–Crippen LogP) is -1.86. The van der Waals surface area contributed by atoms with E-state index in [0.29, 0.717) is 19.4 Å². The SMILES string of the molecule is CC[C@H](C)[C@H](N)C(=O)O.N=C(N)NCCC[C@H](N)C(=O)O.NCC(=O)O. The second kappa shape index (κ2) is 17.4. The Labute approximate surface area is 152 Å². The van der Waals surface area contributed by atoms with E-state index in [4.69, 9.17) is 37.9 Å². The van der Waals surface area contributed by atoms with Crippen LogP contribution in [0.3, 0.4) is 0 Å². The number of nitrogens with two attached hydrogens (primary N) is 4. The molecular formula is C14H32N6O6. The van der Waals surface area contributed by atoms with E-state index >= 15 is 0 Å². The van der Waals surface area contributed by atoms with Gasteiger partial charge in [0.25, 0.3) is 0 Å². The normalized spacial score (nSPS) is 12.8. The smallest absolute Gasteiger partial charge is 0.320 e. The van der Waals surface area contributed by atoms with Gasteiger partial charge in [0.15, 0.2) is 5.96 Å². The molecule has 0 aromatic heterocycles. The summed E-state index contributed by atoms with van der Waals surface area (Å²) in [5.74, 6) is -2.92. The monoisotopic (exact) mass is 380 g/mol. The van der Waals surface area contributed by atoms with Crippen LogP contribution in [0.25, 0.3) is 0 Å². The van der Waals surface area contributed by atoms with Gasteiger partial charge in [-0.05, 0) is 18.8 Å². The van der Waals surface area contributed by atoms with Gasteiger partial charge >= 0.3 is 17.9 Å². The second-order valence-electron chi connectivity index (χ2n) is 5.27. The van der Waals surface area contributed by atoms with Gasteiger partial charge in [0.1, 0.15) is 12.1 Å². The summed E-state index contributed by atoms with van der Waals surface area (Å²) in [5, 5.41) is 33.7. The predicted molar refractivity (Wildman–Crippen MR) is 96.5 cm³/mol. The molecule has 13 N–H and O–H groups in total. The summed E-state index contributed by atoms with van der Waals surface area (Å²) < 4.78 is 0. The van der Waals surface area contributed by atoms with Crippen molar-refractivity contribution in [3.05, 3.63) is 0 Å². The fourth-order valence-electron chi connectivity index (χ4n) is 1.17. The molecule has 0 unspecified atom stereocenters. The number of rotatable bonds is 9. The first-order valence-electron chi connectivity index (χ1n) is 7.87. The van der Waals surface area contributed by atoms with Crippen LogP contribution in [0.1, 0.15) is 33.1 Å². The van der Waals surface area contributed by atoms with Crippen molar-refractivity contribution in [1.82, 2.24) is 5.32 Å². The van der Waals surface area contributed by atoms with E-state index in [1.807, 2.05) is 13.8 Å². The molecule has 0 radical (unpaired) electrons. The highest BCUT2D eigenvalue weighted by Gasteiger charge is 2.17. The van der Waals surface area contributed by atoms with E-state index in [1.165, 1.54) is 0 Å². The third kappa shape index (κ3) is 21.6. The molecule has 0 fully saturated rings. The lowest BCUT2D eigenvalue weighted by Gasteiger charge is -2.11. The molecule has 0 aliphatic carbocycles. The largest absolute Gasteiger partial charge is 0.480 e. The zero-order chi connectivity index (χ0) is 21.3. The lowest BCUT2D eigenvalue weighted by atomic mass is 10.0. The van der Waals surface area contributed by atoms with Gasteiger partial charge in [-0.25, -0.2) is 0 Å². The zero-order valence-corrected chi connectivity index (χ0v) is 15.1. The Morgan fingerprint density at radius 3 is 1.81 bits per heavy atom. The first-order chi connectivity index (χ1) is 11.9. The van der Waals surface area contributed by atoms with Crippen molar-refractivity contribution < 1.29 is 29.7 Å². The Bertz CT molecular complexity index is 434. The van der Waals surface area contributed by atoms with Crippen molar-refractivity contribution in [3.63, 3.8) is 0 Å². The molecule has 12 nitrogen and oxygen atoms in total. The van der Waals surface area contributed by atoms with Gasteiger partial charge in [-0.1, -0.05) is 20.3 Å². The maximum atomic E-state index is 10.2. The molecular weight excluding hydrogens is 348 g/mol. The summed E-state index contributed by atoms with van der Waals surface area (Å²) in [5.41, 5.74) is 20.1. The Kier molecular flexibility index (Phi) is 19.0. The first kappa shape index (κ1) is 28.4. The van der Waals surface area contributed by atoms with Crippen LogP contribution in [0.2, 0.25) is 0 Å².